The first-order chi connectivity index (χ1) is 8.50. The lowest BCUT2D eigenvalue weighted by Gasteiger charge is -2.09. The molecule has 0 aliphatic carbocycles. The Kier molecular flexibility index (Phi) is 5.06. The van der Waals surface area contributed by atoms with Gasteiger partial charge in [0.1, 0.15) is 0 Å². The number of ether oxygens (including phenoxy) is 1. The van der Waals surface area contributed by atoms with E-state index in [4.69, 9.17) is 14.9 Å². The third kappa shape index (κ3) is 4.38. The molecule has 0 saturated heterocycles. The standard InChI is InChI=1S/C11H12FNO5/c12-7-3-1-2-4-9(7)18-6-10(15)13-5-8(14)11(16)17/h1-4,8,14H,5-6H2,(H,13,15)(H,16,17)/t8-/m0/s1. The Morgan fingerprint density at radius 1 is 1.39 bits per heavy atom. The number of carbonyl (C=O) groups is 2. The van der Waals surface area contributed by atoms with Crippen molar-refractivity contribution in [3.05, 3.63) is 30.1 Å². The van der Waals surface area contributed by atoms with Crippen molar-refractivity contribution in [1.29, 1.82) is 0 Å². The van der Waals surface area contributed by atoms with Gasteiger partial charge in [0.2, 0.25) is 0 Å². The van der Waals surface area contributed by atoms with Gasteiger partial charge in [0.15, 0.2) is 24.3 Å². The van der Waals surface area contributed by atoms with Gasteiger partial charge in [0, 0.05) is 0 Å². The number of carboxylic acid groups (broad SMARTS) is 1. The first-order valence-corrected chi connectivity index (χ1v) is 5.05. The van der Waals surface area contributed by atoms with Crippen LogP contribution in [0.2, 0.25) is 0 Å². The van der Waals surface area contributed by atoms with Crippen LogP contribution in [0.1, 0.15) is 0 Å². The topological polar surface area (TPSA) is 95.9 Å². The van der Waals surface area contributed by atoms with Gasteiger partial charge in [0.25, 0.3) is 5.91 Å². The zero-order chi connectivity index (χ0) is 13.5. The Morgan fingerprint density at radius 2 is 2.06 bits per heavy atom. The quantitative estimate of drug-likeness (QED) is 0.654. The number of aliphatic hydroxyl groups is 1. The van der Waals surface area contributed by atoms with E-state index in [1.165, 1.54) is 18.2 Å². The summed E-state index contributed by atoms with van der Waals surface area (Å²) in [5, 5.41) is 19.4. The van der Waals surface area contributed by atoms with Crippen LogP contribution in [0.25, 0.3) is 0 Å². The molecule has 3 N–H and O–H groups in total. The second-order valence-corrected chi connectivity index (χ2v) is 3.38. The van der Waals surface area contributed by atoms with Crippen LogP contribution in [0, 0.1) is 5.82 Å². The monoisotopic (exact) mass is 257 g/mol. The van der Waals surface area contributed by atoms with E-state index in [2.05, 4.69) is 5.32 Å². The average molecular weight is 257 g/mol. The molecule has 7 heteroatoms. The number of rotatable bonds is 6. The molecule has 0 unspecified atom stereocenters. The van der Waals surface area contributed by atoms with E-state index in [9.17, 15) is 14.0 Å². The molecule has 0 saturated carbocycles. The van der Waals surface area contributed by atoms with Crippen molar-refractivity contribution in [2.45, 2.75) is 6.10 Å². The number of carbonyl (C=O) groups excluding carboxylic acids is 1. The van der Waals surface area contributed by atoms with Gasteiger partial charge < -0.3 is 20.3 Å². The van der Waals surface area contributed by atoms with E-state index >= 15 is 0 Å². The lowest BCUT2D eigenvalue weighted by atomic mass is 10.3. The Morgan fingerprint density at radius 3 is 2.67 bits per heavy atom. The van der Waals surface area contributed by atoms with Crippen LogP contribution in [0.5, 0.6) is 5.75 Å². The summed E-state index contributed by atoms with van der Waals surface area (Å²) < 4.78 is 18.0. The molecule has 0 aliphatic heterocycles. The summed E-state index contributed by atoms with van der Waals surface area (Å²) in [6, 6.07) is 5.56. The summed E-state index contributed by atoms with van der Waals surface area (Å²) in [6.45, 7) is -0.901. The molecule has 1 amide bonds. The zero-order valence-electron chi connectivity index (χ0n) is 9.30. The average Bonchev–Trinajstić information content (AvgIpc) is 2.34. The van der Waals surface area contributed by atoms with Crippen molar-refractivity contribution in [2.75, 3.05) is 13.2 Å². The third-order valence-electron chi connectivity index (χ3n) is 1.97. The van der Waals surface area contributed by atoms with Gasteiger partial charge >= 0.3 is 5.97 Å². The number of halogens is 1. The number of benzene rings is 1. The van der Waals surface area contributed by atoms with E-state index in [1.807, 2.05) is 0 Å². The molecule has 0 aromatic heterocycles. The maximum Gasteiger partial charge on any atom is 0.334 e. The highest BCUT2D eigenvalue weighted by Gasteiger charge is 2.14. The lowest BCUT2D eigenvalue weighted by molar-refractivity contribution is -0.146. The second kappa shape index (κ2) is 6.55. The van der Waals surface area contributed by atoms with Crippen molar-refractivity contribution in [2.24, 2.45) is 0 Å². The molecule has 0 radical (unpaired) electrons. The number of aliphatic hydroxyl groups excluding tert-OH is 1. The minimum absolute atomic E-state index is 0.0774. The molecule has 1 atom stereocenters. The van der Waals surface area contributed by atoms with Crippen LogP contribution in [-0.4, -0.2) is 41.3 Å². The highest BCUT2D eigenvalue weighted by atomic mass is 19.1. The van der Waals surface area contributed by atoms with Gasteiger partial charge in [-0.1, -0.05) is 12.1 Å². The molecular formula is C11H12FNO5. The summed E-state index contributed by atoms with van der Waals surface area (Å²) in [5.74, 6) is -2.77. The molecule has 1 aromatic rings. The zero-order valence-corrected chi connectivity index (χ0v) is 9.30. The molecule has 0 spiro atoms. The molecule has 6 nitrogen and oxygen atoms in total. The number of hydrogen-bond donors (Lipinski definition) is 3. The normalized spacial score (nSPS) is 11.7. The van der Waals surface area contributed by atoms with Gasteiger partial charge in [-0.3, -0.25) is 4.79 Å². The van der Waals surface area contributed by atoms with Gasteiger partial charge in [0.05, 0.1) is 6.54 Å². The molecule has 0 heterocycles. The van der Waals surface area contributed by atoms with Crippen LogP contribution >= 0.6 is 0 Å². The predicted octanol–water partition coefficient (Wildman–Crippen LogP) is -0.234. The van der Waals surface area contributed by atoms with Crippen LogP contribution in [0.15, 0.2) is 24.3 Å². The molecule has 0 fully saturated rings. The molecule has 18 heavy (non-hydrogen) atoms. The first kappa shape index (κ1) is 13.9. The van der Waals surface area contributed by atoms with E-state index in [0.717, 1.165) is 0 Å². The van der Waals surface area contributed by atoms with Gasteiger partial charge in [-0.05, 0) is 12.1 Å². The predicted molar refractivity (Wildman–Crippen MR) is 58.5 cm³/mol. The number of hydrogen-bond acceptors (Lipinski definition) is 4. The largest absolute Gasteiger partial charge is 0.481 e. The molecule has 0 bridgehead atoms. The summed E-state index contributed by atoms with van der Waals surface area (Å²) in [7, 11) is 0. The molecule has 98 valence electrons. The minimum Gasteiger partial charge on any atom is -0.481 e. The number of carboxylic acids is 1. The van der Waals surface area contributed by atoms with Gasteiger partial charge in [-0.25, -0.2) is 9.18 Å². The third-order valence-corrected chi connectivity index (χ3v) is 1.97. The van der Waals surface area contributed by atoms with Crippen LogP contribution < -0.4 is 10.1 Å². The minimum atomic E-state index is -1.68. The van der Waals surface area contributed by atoms with E-state index < -0.39 is 36.9 Å². The summed E-state index contributed by atoms with van der Waals surface area (Å²) in [6.07, 6.45) is -1.68. The summed E-state index contributed by atoms with van der Waals surface area (Å²) >= 11 is 0. The molecular weight excluding hydrogens is 245 g/mol. The highest BCUT2D eigenvalue weighted by molar-refractivity contribution is 5.79. The van der Waals surface area contributed by atoms with Crippen molar-refractivity contribution in [3.63, 3.8) is 0 Å². The Labute approximate surface area is 102 Å². The highest BCUT2D eigenvalue weighted by Crippen LogP contribution is 2.14. The first-order valence-electron chi connectivity index (χ1n) is 5.05. The van der Waals surface area contributed by atoms with Crippen molar-refractivity contribution < 1.29 is 28.9 Å². The van der Waals surface area contributed by atoms with Crippen molar-refractivity contribution in [1.82, 2.24) is 5.32 Å². The van der Waals surface area contributed by atoms with E-state index in [1.54, 1.807) is 6.07 Å². The fraction of sp³-hybridized carbons (Fsp3) is 0.273. The van der Waals surface area contributed by atoms with Crippen LogP contribution in [-0.2, 0) is 9.59 Å². The SMILES string of the molecule is O=C(COc1ccccc1F)NC[C@H](O)C(=O)O. The van der Waals surface area contributed by atoms with Crippen LogP contribution in [0.4, 0.5) is 4.39 Å². The number of nitrogens with one attached hydrogen (secondary N) is 1. The van der Waals surface area contributed by atoms with E-state index in [-0.39, 0.29) is 5.75 Å². The van der Waals surface area contributed by atoms with Gasteiger partial charge in [-0.2, -0.15) is 0 Å². The smallest absolute Gasteiger partial charge is 0.334 e. The molecule has 1 rings (SSSR count). The number of para-hydroxylation sites is 1. The number of aliphatic carboxylic acids is 1. The van der Waals surface area contributed by atoms with E-state index in [0.29, 0.717) is 0 Å². The molecule has 1 aromatic carbocycles. The Bertz CT molecular complexity index is 437. The lowest BCUT2D eigenvalue weighted by Crippen LogP contribution is -2.38. The Hall–Kier alpha value is -2.15. The fourth-order valence-electron chi connectivity index (χ4n) is 1.05. The maximum atomic E-state index is 13.1. The van der Waals surface area contributed by atoms with Gasteiger partial charge in [-0.15, -0.1) is 0 Å². The Balaban J connectivity index is 2.34. The van der Waals surface area contributed by atoms with Crippen LogP contribution in [0.3, 0.4) is 0 Å². The van der Waals surface area contributed by atoms with Crippen molar-refractivity contribution in [3.8, 4) is 5.75 Å². The van der Waals surface area contributed by atoms with Crippen molar-refractivity contribution >= 4 is 11.9 Å². The molecule has 0 aliphatic rings. The summed E-state index contributed by atoms with van der Waals surface area (Å²) in [5.41, 5.74) is 0. The summed E-state index contributed by atoms with van der Waals surface area (Å²) in [4.78, 5) is 21.4. The fourth-order valence-corrected chi connectivity index (χ4v) is 1.05. The number of amides is 1. The maximum absolute atomic E-state index is 13.1. The second-order valence-electron chi connectivity index (χ2n) is 3.38.